The second-order valence-electron chi connectivity index (χ2n) is 5.59. The van der Waals surface area contributed by atoms with Crippen LogP contribution in [0.5, 0.6) is 5.75 Å². The van der Waals surface area contributed by atoms with Gasteiger partial charge in [-0.25, -0.2) is 0 Å². The third kappa shape index (κ3) is 4.76. The molecule has 1 aromatic heterocycles. The Balaban J connectivity index is 1.93. The number of halogens is 1. The van der Waals surface area contributed by atoms with Gasteiger partial charge in [0.05, 0.1) is 6.61 Å². The molecule has 130 valence electrons. The van der Waals surface area contributed by atoms with Crippen molar-refractivity contribution in [2.75, 3.05) is 6.61 Å². The van der Waals surface area contributed by atoms with Gasteiger partial charge < -0.3 is 19.6 Å². The van der Waals surface area contributed by atoms with E-state index in [9.17, 15) is 4.79 Å². The van der Waals surface area contributed by atoms with Gasteiger partial charge in [-0.15, -0.1) is 0 Å². The van der Waals surface area contributed by atoms with Crippen molar-refractivity contribution in [2.24, 2.45) is 5.73 Å². The van der Waals surface area contributed by atoms with Crippen molar-refractivity contribution >= 4 is 17.6 Å². The van der Waals surface area contributed by atoms with E-state index in [0.29, 0.717) is 18.1 Å². The molecule has 2 N–H and O–H groups in total. The van der Waals surface area contributed by atoms with Crippen molar-refractivity contribution in [1.29, 1.82) is 0 Å². The van der Waals surface area contributed by atoms with Gasteiger partial charge in [0.15, 0.2) is 0 Å². The second kappa shape index (κ2) is 8.22. The van der Waals surface area contributed by atoms with Crippen molar-refractivity contribution in [3.63, 3.8) is 0 Å². The van der Waals surface area contributed by atoms with E-state index >= 15 is 0 Å². The molecule has 1 atom stereocenters. The number of carbonyl (C=O) groups is 1. The molecule has 0 spiro atoms. The van der Waals surface area contributed by atoms with Gasteiger partial charge in [0.2, 0.25) is 0 Å². The van der Waals surface area contributed by atoms with Crippen molar-refractivity contribution in [3.8, 4) is 5.75 Å². The molecule has 1 unspecified atom stereocenters. The fourth-order valence-electron chi connectivity index (χ4n) is 2.30. The summed E-state index contributed by atoms with van der Waals surface area (Å²) >= 11 is 6.14. The highest BCUT2D eigenvalue weighted by Gasteiger charge is 2.17. The number of carbonyl (C=O) groups excluding carboxylic acids is 1. The summed E-state index contributed by atoms with van der Waals surface area (Å²) in [5.74, 6) is 1.58. The largest absolute Gasteiger partial charge is 0.486 e. The smallest absolute Gasteiger partial charge is 0.323 e. The molecular weight excluding hydrogens is 330 g/mol. The van der Waals surface area contributed by atoms with E-state index in [-0.39, 0.29) is 13.0 Å². The van der Waals surface area contributed by atoms with E-state index in [1.807, 2.05) is 32.0 Å². The Morgan fingerprint density at radius 3 is 2.50 bits per heavy atom. The zero-order valence-electron chi connectivity index (χ0n) is 14.1. The Labute approximate surface area is 146 Å². The first-order chi connectivity index (χ1) is 11.4. The Hall–Kier alpha value is -1.98. The van der Waals surface area contributed by atoms with Crippen LogP contribution in [-0.4, -0.2) is 18.6 Å². The number of hydrogen-bond donors (Lipinski definition) is 1. The van der Waals surface area contributed by atoms with E-state index in [1.165, 1.54) is 0 Å². The number of rotatable bonds is 7. The second-order valence-corrected chi connectivity index (χ2v) is 5.97. The average molecular weight is 352 g/mol. The van der Waals surface area contributed by atoms with Gasteiger partial charge in [-0.1, -0.05) is 11.6 Å². The monoisotopic (exact) mass is 351 g/mol. The van der Waals surface area contributed by atoms with Crippen LogP contribution >= 0.6 is 11.6 Å². The van der Waals surface area contributed by atoms with Crippen LogP contribution in [0, 0.1) is 13.8 Å². The lowest BCUT2D eigenvalue weighted by atomic mass is 10.1. The normalized spacial score (nSPS) is 12.0. The minimum atomic E-state index is -0.730. The van der Waals surface area contributed by atoms with Crippen molar-refractivity contribution in [2.45, 2.75) is 39.8 Å². The highest BCUT2D eigenvalue weighted by atomic mass is 35.5. The third-order valence-electron chi connectivity index (χ3n) is 3.52. The molecule has 0 aliphatic carbocycles. The molecule has 6 heteroatoms. The van der Waals surface area contributed by atoms with Gasteiger partial charge in [0.25, 0.3) is 0 Å². The molecule has 0 saturated heterocycles. The zero-order valence-corrected chi connectivity index (χ0v) is 14.9. The first-order valence-corrected chi connectivity index (χ1v) is 8.17. The summed E-state index contributed by atoms with van der Waals surface area (Å²) in [5, 5.41) is 0.746. The molecule has 0 radical (unpaired) electrons. The highest BCUT2D eigenvalue weighted by molar-refractivity contribution is 6.32. The standard InChI is InChI=1S/C18H22ClNO4/c1-4-22-18(21)16(20)9-13-5-6-14(24-13)10-23-15-7-11(2)17(19)12(3)8-15/h5-8,16H,4,9-10,20H2,1-3H3. The van der Waals surface area contributed by atoms with Crippen LogP contribution in [0.4, 0.5) is 0 Å². The molecular formula is C18H22ClNO4. The maximum Gasteiger partial charge on any atom is 0.323 e. The van der Waals surface area contributed by atoms with E-state index in [1.54, 1.807) is 13.0 Å². The summed E-state index contributed by atoms with van der Waals surface area (Å²) < 4.78 is 16.3. The predicted octanol–water partition coefficient (Wildman–Crippen LogP) is 3.56. The minimum absolute atomic E-state index is 0.287. The molecule has 0 aliphatic rings. The average Bonchev–Trinajstić information content (AvgIpc) is 2.98. The maximum atomic E-state index is 11.5. The highest BCUT2D eigenvalue weighted by Crippen LogP contribution is 2.26. The molecule has 1 heterocycles. The van der Waals surface area contributed by atoms with Crippen LogP contribution in [0.1, 0.15) is 29.6 Å². The number of nitrogens with two attached hydrogens (primary N) is 1. The quantitative estimate of drug-likeness (QED) is 0.772. The summed E-state index contributed by atoms with van der Waals surface area (Å²) in [6.07, 6.45) is 0.290. The summed E-state index contributed by atoms with van der Waals surface area (Å²) in [7, 11) is 0. The van der Waals surface area contributed by atoms with Gasteiger partial charge in [0, 0.05) is 11.4 Å². The molecule has 0 bridgehead atoms. The molecule has 1 aromatic carbocycles. The number of ether oxygens (including phenoxy) is 2. The molecule has 0 saturated carbocycles. The summed E-state index contributed by atoms with van der Waals surface area (Å²) in [5.41, 5.74) is 7.71. The number of aryl methyl sites for hydroxylation is 2. The lowest BCUT2D eigenvalue weighted by Crippen LogP contribution is -2.34. The summed E-state index contributed by atoms with van der Waals surface area (Å²) in [6.45, 7) is 6.21. The Morgan fingerprint density at radius 2 is 1.88 bits per heavy atom. The molecule has 24 heavy (non-hydrogen) atoms. The van der Waals surface area contributed by atoms with Gasteiger partial charge in [-0.3, -0.25) is 4.79 Å². The van der Waals surface area contributed by atoms with Gasteiger partial charge >= 0.3 is 5.97 Å². The molecule has 0 amide bonds. The van der Waals surface area contributed by atoms with Crippen LogP contribution in [0.15, 0.2) is 28.7 Å². The van der Waals surface area contributed by atoms with Crippen LogP contribution < -0.4 is 10.5 Å². The molecule has 2 aromatic rings. The van der Waals surface area contributed by atoms with E-state index in [2.05, 4.69) is 0 Å². The number of furan rings is 1. The molecule has 0 fully saturated rings. The maximum absolute atomic E-state index is 11.5. The van der Waals surface area contributed by atoms with Gasteiger partial charge in [-0.2, -0.15) is 0 Å². The zero-order chi connectivity index (χ0) is 17.7. The summed E-state index contributed by atoms with van der Waals surface area (Å²) in [4.78, 5) is 11.5. The lowest BCUT2D eigenvalue weighted by molar-refractivity contribution is -0.144. The number of esters is 1. The van der Waals surface area contributed by atoms with Crippen LogP contribution in [0.25, 0.3) is 0 Å². The van der Waals surface area contributed by atoms with Gasteiger partial charge in [-0.05, 0) is 56.2 Å². The Kier molecular flexibility index (Phi) is 6.29. The molecule has 2 rings (SSSR count). The predicted molar refractivity (Wildman–Crippen MR) is 92.3 cm³/mol. The topological polar surface area (TPSA) is 74.7 Å². The van der Waals surface area contributed by atoms with E-state index in [0.717, 1.165) is 21.9 Å². The van der Waals surface area contributed by atoms with Crippen LogP contribution in [0.2, 0.25) is 5.02 Å². The third-order valence-corrected chi connectivity index (χ3v) is 4.11. The first kappa shape index (κ1) is 18.4. The van der Waals surface area contributed by atoms with Crippen LogP contribution in [0.3, 0.4) is 0 Å². The number of benzene rings is 1. The minimum Gasteiger partial charge on any atom is -0.486 e. The van der Waals surface area contributed by atoms with Crippen molar-refractivity contribution in [1.82, 2.24) is 0 Å². The Bertz CT molecular complexity index is 688. The molecule has 0 aliphatic heterocycles. The first-order valence-electron chi connectivity index (χ1n) is 7.80. The van der Waals surface area contributed by atoms with Crippen molar-refractivity contribution in [3.05, 3.63) is 51.9 Å². The van der Waals surface area contributed by atoms with Crippen molar-refractivity contribution < 1.29 is 18.7 Å². The fourth-order valence-corrected chi connectivity index (χ4v) is 2.41. The van der Waals surface area contributed by atoms with E-state index in [4.69, 9.17) is 31.2 Å². The summed E-state index contributed by atoms with van der Waals surface area (Å²) in [6, 6.07) is 6.64. The van der Waals surface area contributed by atoms with Gasteiger partial charge in [0.1, 0.15) is 29.9 Å². The SMILES string of the molecule is CCOC(=O)C(N)Cc1ccc(COc2cc(C)c(Cl)c(C)c2)o1. The number of hydrogen-bond acceptors (Lipinski definition) is 5. The molecule has 5 nitrogen and oxygen atoms in total. The van der Waals surface area contributed by atoms with E-state index < -0.39 is 12.0 Å². The fraction of sp³-hybridized carbons (Fsp3) is 0.389. The Morgan fingerprint density at radius 1 is 1.25 bits per heavy atom. The van der Waals surface area contributed by atoms with Crippen LogP contribution in [-0.2, 0) is 22.6 Å². The lowest BCUT2D eigenvalue weighted by Gasteiger charge is -2.09.